The molecule has 2 heterocycles. The van der Waals surface area contributed by atoms with Crippen LogP contribution in [0.1, 0.15) is 19.8 Å². The number of benzene rings is 1. The molecule has 0 unspecified atom stereocenters. The van der Waals surface area contributed by atoms with E-state index in [1.54, 1.807) is 0 Å². The van der Waals surface area contributed by atoms with Crippen molar-refractivity contribution in [1.29, 1.82) is 0 Å². The molecule has 0 radical (unpaired) electrons. The number of morpholine rings is 1. The van der Waals surface area contributed by atoms with E-state index in [4.69, 9.17) is 15.2 Å². The lowest BCUT2D eigenvalue weighted by atomic mass is 10.0. The molecule has 2 aliphatic rings. The predicted octanol–water partition coefficient (Wildman–Crippen LogP) is 1.97. The van der Waals surface area contributed by atoms with Gasteiger partial charge in [0, 0.05) is 44.0 Å². The number of hydrogen-bond donors (Lipinski definition) is 1. The van der Waals surface area contributed by atoms with Crippen molar-refractivity contribution in [3.8, 4) is 5.75 Å². The topological polar surface area (TPSA) is 51.0 Å². The van der Waals surface area contributed by atoms with Gasteiger partial charge in [-0.1, -0.05) is 0 Å². The maximum atomic E-state index is 5.96. The molecule has 1 aromatic rings. The minimum atomic E-state index is 0.646. The van der Waals surface area contributed by atoms with Crippen molar-refractivity contribution in [2.75, 3.05) is 56.6 Å². The molecule has 5 nitrogen and oxygen atoms in total. The normalized spacial score (nSPS) is 21.0. The first kappa shape index (κ1) is 15.4. The average Bonchev–Trinajstić information content (AvgIpc) is 2.58. The molecule has 2 fully saturated rings. The summed E-state index contributed by atoms with van der Waals surface area (Å²) in [6.45, 7) is 8.76. The van der Waals surface area contributed by atoms with Crippen molar-refractivity contribution in [3.63, 3.8) is 0 Å². The number of rotatable bonds is 4. The Hall–Kier alpha value is -1.46. The number of nitrogens with zero attached hydrogens (tertiary/aromatic N) is 2. The summed E-state index contributed by atoms with van der Waals surface area (Å²) in [5.41, 5.74) is 7.90. The lowest BCUT2D eigenvalue weighted by Crippen LogP contribution is -2.49. The van der Waals surface area contributed by atoms with Crippen molar-refractivity contribution in [2.45, 2.75) is 25.8 Å². The molecule has 2 saturated heterocycles. The Morgan fingerprint density at radius 3 is 2.59 bits per heavy atom. The van der Waals surface area contributed by atoms with Gasteiger partial charge in [0.1, 0.15) is 5.75 Å². The predicted molar refractivity (Wildman–Crippen MR) is 89.7 cm³/mol. The number of nitrogen functional groups attached to an aromatic ring is 1. The smallest absolute Gasteiger partial charge is 0.144 e. The number of anilines is 2. The van der Waals surface area contributed by atoms with Crippen molar-refractivity contribution >= 4 is 11.4 Å². The second-order valence-corrected chi connectivity index (χ2v) is 6.02. The van der Waals surface area contributed by atoms with Gasteiger partial charge in [0.25, 0.3) is 0 Å². The zero-order valence-corrected chi connectivity index (χ0v) is 13.5. The third-order valence-electron chi connectivity index (χ3n) is 4.69. The number of nitrogens with two attached hydrogens (primary N) is 1. The molecular formula is C17H27N3O2. The van der Waals surface area contributed by atoms with E-state index in [-0.39, 0.29) is 0 Å². The second-order valence-electron chi connectivity index (χ2n) is 6.02. The van der Waals surface area contributed by atoms with Crippen LogP contribution >= 0.6 is 0 Å². The van der Waals surface area contributed by atoms with Gasteiger partial charge in [-0.3, -0.25) is 4.90 Å². The third kappa shape index (κ3) is 3.47. The van der Waals surface area contributed by atoms with Crippen LogP contribution in [0.15, 0.2) is 18.2 Å². The molecule has 0 bridgehead atoms. The Kier molecular flexibility index (Phi) is 5.05. The van der Waals surface area contributed by atoms with Crippen LogP contribution < -0.4 is 15.4 Å². The minimum absolute atomic E-state index is 0.646. The van der Waals surface area contributed by atoms with E-state index in [0.29, 0.717) is 18.3 Å². The van der Waals surface area contributed by atoms with Crippen molar-refractivity contribution in [1.82, 2.24) is 4.90 Å². The summed E-state index contributed by atoms with van der Waals surface area (Å²) in [6, 6.07) is 6.84. The molecule has 2 aliphatic heterocycles. The average molecular weight is 305 g/mol. The van der Waals surface area contributed by atoms with Crippen molar-refractivity contribution in [3.05, 3.63) is 18.2 Å². The van der Waals surface area contributed by atoms with Crippen LogP contribution in [0.3, 0.4) is 0 Å². The van der Waals surface area contributed by atoms with Crippen molar-refractivity contribution < 1.29 is 9.47 Å². The summed E-state index contributed by atoms with van der Waals surface area (Å²) >= 11 is 0. The first-order chi connectivity index (χ1) is 10.8. The van der Waals surface area contributed by atoms with Gasteiger partial charge in [-0.25, -0.2) is 0 Å². The van der Waals surface area contributed by atoms with Crippen LogP contribution in [0.4, 0.5) is 11.4 Å². The summed E-state index contributed by atoms with van der Waals surface area (Å²) in [5.74, 6) is 0.801. The lowest BCUT2D eigenvalue weighted by Gasteiger charge is -2.40. The van der Waals surface area contributed by atoms with Crippen LogP contribution in [0, 0.1) is 0 Å². The fraction of sp³-hybridized carbons (Fsp3) is 0.647. The molecule has 1 aromatic carbocycles. The van der Waals surface area contributed by atoms with Gasteiger partial charge >= 0.3 is 0 Å². The first-order valence-electron chi connectivity index (χ1n) is 8.37. The highest BCUT2D eigenvalue weighted by atomic mass is 16.5. The molecule has 5 heteroatoms. The maximum Gasteiger partial charge on any atom is 0.144 e. The monoisotopic (exact) mass is 305 g/mol. The summed E-state index contributed by atoms with van der Waals surface area (Å²) < 4.78 is 11.1. The summed E-state index contributed by atoms with van der Waals surface area (Å²) in [5, 5.41) is 0. The Bertz CT molecular complexity index is 481. The second kappa shape index (κ2) is 7.20. The van der Waals surface area contributed by atoms with Gasteiger partial charge in [0.15, 0.2) is 0 Å². The number of piperidine rings is 1. The van der Waals surface area contributed by atoms with E-state index in [1.807, 2.05) is 13.0 Å². The molecular weight excluding hydrogens is 278 g/mol. The van der Waals surface area contributed by atoms with Crippen LogP contribution in [0.25, 0.3) is 0 Å². The summed E-state index contributed by atoms with van der Waals surface area (Å²) in [4.78, 5) is 5.04. The molecule has 122 valence electrons. The van der Waals surface area contributed by atoms with Crippen LogP contribution in [0.5, 0.6) is 5.75 Å². The van der Waals surface area contributed by atoms with Gasteiger partial charge in [0.2, 0.25) is 0 Å². The highest BCUT2D eigenvalue weighted by Crippen LogP contribution is 2.30. The van der Waals surface area contributed by atoms with E-state index in [2.05, 4.69) is 21.9 Å². The zero-order valence-electron chi connectivity index (χ0n) is 13.5. The lowest BCUT2D eigenvalue weighted by molar-refractivity contribution is 0.0115. The van der Waals surface area contributed by atoms with Crippen molar-refractivity contribution in [2.24, 2.45) is 0 Å². The first-order valence-corrected chi connectivity index (χ1v) is 8.37. The zero-order chi connectivity index (χ0) is 15.4. The molecule has 0 spiro atoms. The molecule has 0 aromatic heterocycles. The van der Waals surface area contributed by atoms with Gasteiger partial charge in [-0.2, -0.15) is 0 Å². The molecule has 0 saturated carbocycles. The molecule has 0 atom stereocenters. The Balaban J connectivity index is 1.60. The highest BCUT2D eigenvalue weighted by molar-refractivity contribution is 5.62. The standard InChI is InChI=1S/C17H27N3O2/c1-2-22-17-13-15(3-4-16(17)18)19-7-5-14(6-8-19)20-9-11-21-12-10-20/h3-4,13-14H,2,5-12,18H2,1H3. The van der Waals surface area contributed by atoms with Crippen LogP contribution in [-0.2, 0) is 4.74 Å². The largest absolute Gasteiger partial charge is 0.492 e. The number of ether oxygens (including phenoxy) is 2. The quantitative estimate of drug-likeness (QED) is 0.862. The van der Waals surface area contributed by atoms with Crippen LogP contribution in [0.2, 0.25) is 0 Å². The molecule has 0 aliphatic carbocycles. The third-order valence-corrected chi connectivity index (χ3v) is 4.69. The molecule has 2 N–H and O–H groups in total. The number of hydrogen-bond acceptors (Lipinski definition) is 5. The van der Waals surface area contributed by atoms with Crippen LogP contribution in [-0.4, -0.2) is 56.9 Å². The fourth-order valence-corrected chi connectivity index (χ4v) is 3.43. The van der Waals surface area contributed by atoms with E-state index in [0.717, 1.165) is 45.1 Å². The van der Waals surface area contributed by atoms with Gasteiger partial charge in [-0.05, 0) is 31.9 Å². The molecule has 22 heavy (non-hydrogen) atoms. The van der Waals surface area contributed by atoms with E-state index in [9.17, 15) is 0 Å². The van der Waals surface area contributed by atoms with Gasteiger partial charge in [-0.15, -0.1) is 0 Å². The highest BCUT2D eigenvalue weighted by Gasteiger charge is 2.26. The Labute approximate surface area is 133 Å². The van der Waals surface area contributed by atoms with E-state index < -0.39 is 0 Å². The SMILES string of the molecule is CCOc1cc(N2CCC(N3CCOCC3)CC2)ccc1N. The van der Waals surface area contributed by atoms with Gasteiger partial charge < -0.3 is 20.1 Å². The van der Waals surface area contributed by atoms with E-state index in [1.165, 1.54) is 18.5 Å². The fourth-order valence-electron chi connectivity index (χ4n) is 3.43. The minimum Gasteiger partial charge on any atom is -0.492 e. The Morgan fingerprint density at radius 1 is 1.18 bits per heavy atom. The summed E-state index contributed by atoms with van der Waals surface area (Å²) in [7, 11) is 0. The maximum absolute atomic E-state index is 5.96. The molecule has 0 amide bonds. The summed E-state index contributed by atoms with van der Waals surface area (Å²) in [6.07, 6.45) is 2.43. The van der Waals surface area contributed by atoms with Gasteiger partial charge in [0.05, 0.1) is 25.5 Å². The molecule has 3 rings (SSSR count). The van der Waals surface area contributed by atoms with E-state index >= 15 is 0 Å². The Morgan fingerprint density at radius 2 is 1.91 bits per heavy atom.